The van der Waals surface area contributed by atoms with Crippen molar-refractivity contribution in [3.05, 3.63) is 0 Å². The molecule has 1 aliphatic rings. The Kier molecular flexibility index (Phi) is 4.90. The Balaban J connectivity index is 2.39. The lowest BCUT2D eigenvalue weighted by molar-refractivity contribution is 0.0711. The first-order chi connectivity index (χ1) is 6.72. The third-order valence-electron chi connectivity index (χ3n) is 3.60. The summed E-state index contributed by atoms with van der Waals surface area (Å²) in [6, 6.07) is 0. The van der Waals surface area contributed by atoms with E-state index < -0.39 is 0 Å². The molecule has 0 amide bonds. The molecule has 2 heteroatoms. The highest BCUT2D eigenvalue weighted by Crippen LogP contribution is 2.41. The maximum absolute atomic E-state index is 5.93. The summed E-state index contributed by atoms with van der Waals surface area (Å²) in [5.41, 5.74) is 6.32. The second-order valence-corrected chi connectivity index (χ2v) is 4.85. The SMILES string of the molecule is CCOCCC1(CN)CCCC(C)C1. The summed E-state index contributed by atoms with van der Waals surface area (Å²) in [4.78, 5) is 0. The zero-order valence-corrected chi connectivity index (χ0v) is 9.72. The molecule has 2 nitrogen and oxygen atoms in total. The lowest BCUT2D eigenvalue weighted by Crippen LogP contribution is -2.36. The molecule has 2 atom stereocenters. The van der Waals surface area contributed by atoms with Crippen LogP contribution in [0.4, 0.5) is 0 Å². The molecule has 2 N–H and O–H groups in total. The molecule has 0 aromatic rings. The molecular formula is C12H25NO. The Morgan fingerprint density at radius 1 is 1.50 bits per heavy atom. The van der Waals surface area contributed by atoms with Crippen LogP contribution < -0.4 is 5.73 Å². The van der Waals surface area contributed by atoms with E-state index in [4.69, 9.17) is 10.5 Å². The van der Waals surface area contributed by atoms with E-state index in [2.05, 4.69) is 13.8 Å². The molecule has 1 rings (SSSR count). The van der Waals surface area contributed by atoms with E-state index in [0.29, 0.717) is 5.41 Å². The van der Waals surface area contributed by atoms with Crippen LogP contribution in [0.2, 0.25) is 0 Å². The average molecular weight is 199 g/mol. The molecule has 84 valence electrons. The molecule has 2 unspecified atom stereocenters. The lowest BCUT2D eigenvalue weighted by Gasteiger charge is -2.39. The van der Waals surface area contributed by atoms with Gasteiger partial charge in [0.2, 0.25) is 0 Å². The molecule has 1 aliphatic carbocycles. The van der Waals surface area contributed by atoms with E-state index in [0.717, 1.165) is 32.1 Å². The van der Waals surface area contributed by atoms with E-state index in [1.54, 1.807) is 0 Å². The molecule has 14 heavy (non-hydrogen) atoms. The number of nitrogens with two attached hydrogens (primary N) is 1. The van der Waals surface area contributed by atoms with Gasteiger partial charge in [0.15, 0.2) is 0 Å². The zero-order chi connectivity index (χ0) is 10.4. The van der Waals surface area contributed by atoms with Crippen LogP contribution in [0.15, 0.2) is 0 Å². The van der Waals surface area contributed by atoms with Crippen LogP contribution >= 0.6 is 0 Å². The molecule has 1 saturated carbocycles. The van der Waals surface area contributed by atoms with Crippen molar-refractivity contribution in [1.82, 2.24) is 0 Å². The molecule has 1 fully saturated rings. The summed E-state index contributed by atoms with van der Waals surface area (Å²) >= 11 is 0. The van der Waals surface area contributed by atoms with Gasteiger partial charge in [-0.15, -0.1) is 0 Å². The second kappa shape index (κ2) is 5.72. The maximum Gasteiger partial charge on any atom is 0.0471 e. The molecule has 0 heterocycles. The molecule has 0 saturated heterocycles. The molecule has 0 bridgehead atoms. The smallest absolute Gasteiger partial charge is 0.0471 e. The first-order valence-corrected chi connectivity index (χ1v) is 6.00. The van der Waals surface area contributed by atoms with Crippen molar-refractivity contribution < 1.29 is 4.74 Å². The van der Waals surface area contributed by atoms with Gasteiger partial charge in [-0.05, 0) is 44.1 Å². The fourth-order valence-corrected chi connectivity index (χ4v) is 2.72. The highest BCUT2D eigenvalue weighted by atomic mass is 16.5. The fraction of sp³-hybridized carbons (Fsp3) is 1.00. The van der Waals surface area contributed by atoms with Crippen LogP contribution in [0.5, 0.6) is 0 Å². The van der Waals surface area contributed by atoms with Gasteiger partial charge in [-0.1, -0.05) is 19.8 Å². The highest BCUT2D eigenvalue weighted by Gasteiger charge is 2.33. The van der Waals surface area contributed by atoms with E-state index in [9.17, 15) is 0 Å². The minimum absolute atomic E-state index is 0.396. The predicted molar refractivity (Wildman–Crippen MR) is 60.2 cm³/mol. The Hall–Kier alpha value is -0.0800. The quantitative estimate of drug-likeness (QED) is 0.691. The molecule has 0 spiro atoms. The third-order valence-corrected chi connectivity index (χ3v) is 3.60. The van der Waals surface area contributed by atoms with Crippen LogP contribution in [0, 0.1) is 11.3 Å². The van der Waals surface area contributed by atoms with Crippen molar-refractivity contribution in [2.24, 2.45) is 17.1 Å². The number of rotatable bonds is 5. The summed E-state index contributed by atoms with van der Waals surface area (Å²) in [5, 5.41) is 0. The van der Waals surface area contributed by atoms with Crippen LogP contribution in [-0.2, 0) is 4.74 Å². The Bertz CT molecular complexity index is 160. The van der Waals surface area contributed by atoms with Gasteiger partial charge in [0, 0.05) is 13.2 Å². The van der Waals surface area contributed by atoms with Crippen molar-refractivity contribution in [3.8, 4) is 0 Å². The van der Waals surface area contributed by atoms with Gasteiger partial charge in [-0.3, -0.25) is 0 Å². The largest absolute Gasteiger partial charge is 0.382 e. The fourth-order valence-electron chi connectivity index (χ4n) is 2.72. The van der Waals surface area contributed by atoms with Crippen LogP contribution in [0.1, 0.15) is 46.0 Å². The van der Waals surface area contributed by atoms with Crippen molar-refractivity contribution in [2.45, 2.75) is 46.0 Å². The summed E-state index contributed by atoms with van der Waals surface area (Å²) in [6.07, 6.45) is 6.50. The van der Waals surface area contributed by atoms with Crippen LogP contribution in [-0.4, -0.2) is 19.8 Å². The van der Waals surface area contributed by atoms with Crippen molar-refractivity contribution in [2.75, 3.05) is 19.8 Å². The Labute approximate surface area is 88.2 Å². The van der Waals surface area contributed by atoms with Crippen molar-refractivity contribution in [3.63, 3.8) is 0 Å². The summed E-state index contributed by atoms with van der Waals surface area (Å²) in [7, 11) is 0. The highest BCUT2D eigenvalue weighted by molar-refractivity contribution is 4.86. The maximum atomic E-state index is 5.93. The number of ether oxygens (including phenoxy) is 1. The second-order valence-electron chi connectivity index (χ2n) is 4.85. The molecule has 0 aromatic heterocycles. The number of hydrogen-bond acceptors (Lipinski definition) is 2. The third kappa shape index (κ3) is 3.25. The van der Waals surface area contributed by atoms with E-state index in [-0.39, 0.29) is 0 Å². The molecular weight excluding hydrogens is 174 g/mol. The predicted octanol–water partition coefficient (Wildman–Crippen LogP) is 2.57. The van der Waals surface area contributed by atoms with Gasteiger partial charge in [0.05, 0.1) is 0 Å². The first kappa shape index (κ1) is 12.0. The van der Waals surface area contributed by atoms with E-state index >= 15 is 0 Å². The van der Waals surface area contributed by atoms with Gasteiger partial charge in [0.25, 0.3) is 0 Å². The Morgan fingerprint density at radius 2 is 2.29 bits per heavy atom. The van der Waals surface area contributed by atoms with Gasteiger partial charge in [0.1, 0.15) is 0 Å². The minimum atomic E-state index is 0.396. The van der Waals surface area contributed by atoms with Crippen molar-refractivity contribution in [1.29, 1.82) is 0 Å². The van der Waals surface area contributed by atoms with Gasteiger partial charge < -0.3 is 10.5 Å². The van der Waals surface area contributed by atoms with E-state index in [1.807, 2.05) is 0 Å². The van der Waals surface area contributed by atoms with Gasteiger partial charge >= 0.3 is 0 Å². The minimum Gasteiger partial charge on any atom is -0.382 e. The standard InChI is InChI=1S/C12H25NO/c1-3-14-8-7-12(10-13)6-4-5-11(2)9-12/h11H,3-10,13H2,1-2H3. The summed E-state index contributed by atoms with van der Waals surface area (Å²) < 4.78 is 5.44. The first-order valence-electron chi connectivity index (χ1n) is 6.00. The topological polar surface area (TPSA) is 35.2 Å². The van der Waals surface area contributed by atoms with Gasteiger partial charge in [-0.25, -0.2) is 0 Å². The van der Waals surface area contributed by atoms with Crippen molar-refractivity contribution >= 4 is 0 Å². The lowest BCUT2D eigenvalue weighted by atomic mass is 9.68. The molecule has 0 radical (unpaired) electrons. The monoisotopic (exact) mass is 199 g/mol. The number of hydrogen-bond donors (Lipinski definition) is 1. The van der Waals surface area contributed by atoms with Crippen LogP contribution in [0.25, 0.3) is 0 Å². The summed E-state index contributed by atoms with van der Waals surface area (Å²) in [5.74, 6) is 0.855. The zero-order valence-electron chi connectivity index (χ0n) is 9.72. The molecule has 0 aliphatic heterocycles. The normalized spacial score (nSPS) is 33.2. The van der Waals surface area contributed by atoms with E-state index in [1.165, 1.54) is 25.7 Å². The molecule has 0 aromatic carbocycles. The summed E-state index contributed by atoms with van der Waals surface area (Å²) in [6.45, 7) is 6.96. The Morgan fingerprint density at radius 3 is 2.86 bits per heavy atom. The van der Waals surface area contributed by atoms with Crippen LogP contribution in [0.3, 0.4) is 0 Å². The average Bonchev–Trinajstić information content (AvgIpc) is 2.18. The van der Waals surface area contributed by atoms with Gasteiger partial charge in [-0.2, -0.15) is 0 Å².